The lowest BCUT2D eigenvalue weighted by Gasteiger charge is -2.52. The summed E-state index contributed by atoms with van der Waals surface area (Å²) in [6.45, 7) is 12.2. The molecule has 2 amide bonds. The molecule has 0 saturated carbocycles. The van der Waals surface area contributed by atoms with Crippen molar-refractivity contribution in [2.75, 3.05) is 39.3 Å². The van der Waals surface area contributed by atoms with Crippen molar-refractivity contribution in [1.82, 2.24) is 20.0 Å². The normalized spacial score (nSPS) is 24.8. The van der Waals surface area contributed by atoms with Crippen molar-refractivity contribution in [2.24, 2.45) is 5.92 Å². The third-order valence-corrected chi connectivity index (χ3v) is 9.03. The second-order valence-electron chi connectivity index (χ2n) is 12.1. The fourth-order valence-electron chi connectivity index (χ4n) is 6.81. The maximum Gasteiger partial charge on any atom is 0.246 e. The topological polar surface area (TPSA) is 55.9 Å². The van der Waals surface area contributed by atoms with Crippen molar-refractivity contribution in [3.63, 3.8) is 0 Å². The minimum absolute atomic E-state index is 0.0966. The minimum Gasteiger partial charge on any atom is -0.342 e. The van der Waals surface area contributed by atoms with Crippen LogP contribution in [0.4, 0.5) is 0 Å². The van der Waals surface area contributed by atoms with Crippen LogP contribution in [0.25, 0.3) is 0 Å². The molecule has 3 aliphatic heterocycles. The van der Waals surface area contributed by atoms with Gasteiger partial charge in [-0.3, -0.25) is 14.5 Å². The number of nitrogens with zero attached hydrogens (tertiary/aromatic N) is 3. The maximum atomic E-state index is 13.8. The first-order valence-electron chi connectivity index (χ1n) is 15.1. The number of carbonyl (C=O) groups excluding carboxylic acids is 2. The predicted molar refractivity (Wildman–Crippen MR) is 150 cm³/mol. The Hall–Kier alpha value is -1.92. The maximum absolute atomic E-state index is 13.8. The Morgan fingerprint density at radius 3 is 2.43 bits per heavy atom. The van der Waals surface area contributed by atoms with E-state index in [0.29, 0.717) is 18.5 Å². The summed E-state index contributed by atoms with van der Waals surface area (Å²) in [5.74, 6) is 0.626. The van der Waals surface area contributed by atoms with Crippen LogP contribution in [0.5, 0.6) is 0 Å². The van der Waals surface area contributed by atoms with Crippen molar-refractivity contribution in [3.8, 4) is 0 Å². The summed E-state index contributed by atoms with van der Waals surface area (Å²) < 4.78 is 0. The van der Waals surface area contributed by atoms with Crippen LogP contribution in [0.2, 0.25) is 0 Å². The number of unbranched alkanes of at least 4 members (excludes halogenated alkanes) is 3. The van der Waals surface area contributed by atoms with E-state index in [9.17, 15) is 9.59 Å². The van der Waals surface area contributed by atoms with E-state index in [1.165, 1.54) is 44.1 Å². The average molecular weight is 511 g/mol. The fraction of sp³-hybridized carbons (Fsp3) is 0.742. The molecule has 4 rings (SSSR count). The van der Waals surface area contributed by atoms with E-state index in [-0.39, 0.29) is 17.9 Å². The SMILES string of the molecule is CCN1CCCC1CN1C(=O)[C@H](CC(C)C)NC(=O)C12CCN(CCCCCCc1ccccc1)CC2. The molecule has 1 aromatic rings. The third kappa shape index (κ3) is 6.94. The largest absolute Gasteiger partial charge is 0.342 e. The lowest BCUT2D eigenvalue weighted by Crippen LogP contribution is -2.74. The van der Waals surface area contributed by atoms with E-state index >= 15 is 0 Å². The zero-order valence-corrected chi connectivity index (χ0v) is 23.6. The minimum atomic E-state index is -0.668. The first-order chi connectivity index (χ1) is 17.9. The number of piperazine rings is 1. The third-order valence-electron chi connectivity index (χ3n) is 9.03. The van der Waals surface area contributed by atoms with Crippen molar-refractivity contribution in [1.29, 1.82) is 0 Å². The van der Waals surface area contributed by atoms with Gasteiger partial charge >= 0.3 is 0 Å². The Morgan fingerprint density at radius 1 is 1.00 bits per heavy atom. The van der Waals surface area contributed by atoms with Gasteiger partial charge in [-0.2, -0.15) is 0 Å². The molecule has 1 unspecified atom stereocenters. The zero-order chi connectivity index (χ0) is 26.3. The van der Waals surface area contributed by atoms with E-state index in [1.54, 1.807) is 0 Å². The number of aryl methyl sites for hydroxylation is 1. The van der Waals surface area contributed by atoms with Gasteiger partial charge in [0.2, 0.25) is 11.8 Å². The van der Waals surface area contributed by atoms with Gasteiger partial charge in [0.15, 0.2) is 0 Å². The van der Waals surface area contributed by atoms with Crippen LogP contribution < -0.4 is 5.32 Å². The molecule has 1 N–H and O–H groups in total. The van der Waals surface area contributed by atoms with Crippen LogP contribution >= 0.6 is 0 Å². The van der Waals surface area contributed by atoms with Crippen molar-refractivity contribution in [2.45, 2.75) is 103 Å². The second kappa shape index (κ2) is 13.2. The van der Waals surface area contributed by atoms with E-state index in [4.69, 9.17) is 0 Å². The molecule has 0 aromatic heterocycles. The number of likely N-dealkylation sites (tertiary alicyclic amines) is 2. The smallest absolute Gasteiger partial charge is 0.246 e. The molecule has 0 bridgehead atoms. The Labute approximate surface area is 225 Å². The Bertz CT molecular complexity index is 865. The molecule has 2 atom stereocenters. The van der Waals surface area contributed by atoms with Crippen molar-refractivity contribution in [3.05, 3.63) is 35.9 Å². The summed E-state index contributed by atoms with van der Waals surface area (Å²) in [5.41, 5.74) is 0.766. The summed E-state index contributed by atoms with van der Waals surface area (Å²) in [6.07, 6.45) is 10.7. The van der Waals surface area contributed by atoms with Gasteiger partial charge in [-0.1, -0.05) is 63.9 Å². The van der Waals surface area contributed by atoms with Gasteiger partial charge in [-0.25, -0.2) is 0 Å². The van der Waals surface area contributed by atoms with Gasteiger partial charge in [-0.15, -0.1) is 0 Å². The molecule has 206 valence electrons. The number of hydrogen-bond donors (Lipinski definition) is 1. The summed E-state index contributed by atoms with van der Waals surface area (Å²) in [5, 5.41) is 3.17. The predicted octanol–water partition coefficient (Wildman–Crippen LogP) is 4.48. The molecular formula is C31H50N4O2. The monoisotopic (exact) mass is 510 g/mol. The van der Waals surface area contributed by atoms with Gasteiger partial charge < -0.3 is 15.1 Å². The van der Waals surface area contributed by atoms with E-state index in [0.717, 1.165) is 58.4 Å². The van der Waals surface area contributed by atoms with Gasteiger partial charge in [-0.05, 0) is 82.5 Å². The molecule has 37 heavy (non-hydrogen) atoms. The highest BCUT2D eigenvalue weighted by Crippen LogP contribution is 2.35. The van der Waals surface area contributed by atoms with Gasteiger partial charge in [0.1, 0.15) is 11.6 Å². The Kier molecular flexibility index (Phi) is 10.1. The summed E-state index contributed by atoms with van der Waals surface area (Å²) in [7, 11) is 0. The molecule has 6 heteroatoms. The molecule has 0 radical (unpaired) electrons. The molecule has 3 fully saturated rings. The Morgan fingerprint density at radius 2 is 1.73 bits per heavy atom. The fourth-order valence-corrected chi connectivity index (χ4v) is 6.81. The number of nitrogens with one attached hydrogen (secondary N) is 1. The van der Waals surface area contributed by atoms with E-state index in [2.05, 4.69) is 71.1 Å². The van der Waals surface area contributed by atoms with Crippen LogP contribution in [0.15, 0.2) is 30.3 Å². The number of carbonyl (C=O) groups is 2. The quantitative estimate of drug-likeness (QED) is 0.421. The van der Waals surface area contributed by atoms with E-state index in [1.807, 2.05) is 0 Å². The van der Waals surface area contributed by atoms with Crippen LogP contribution in [0.1, 0.15) is 84.1 Å². The number of benzene rings is 1. The molecular weight excluding hydrogens is 460 g/mol. The number of amides is 2. The number of rotatable bonds is 12. The molecule has 3 heterocycles. The average Bonchev–Trinajstić information content (AvgIpc) is 3.36. The molecule has 6 nitrogen and oxygen atoms in total. The first-order valence-corrected chi connectivity index (χ1v) is 15.1. The highest BCUT2D eigenvalue weighted by molar-refractivity contribution is 6.00. The van der Waals surface area contributed by atoms with E-state index < -0.39 is 5.54 Å². The Balaban J connectivity index is 1.31. The molecule has 1 spiro atoms. The van der Waals surface area contributed by atoms with Crippen LogP contribution in [0, 0.1) is 5.92 Å². The molecule has 1 aromatic carbocycles. The summed E-state index contributed by atoms with van der Waals surface area (Å²) in [6, 6.07) is 10.8. The van der Waals surface area contributed by atoms with Crippen molar-refractivity contribution < 1.29 is 9.59 Å². The van der Waals surface area contributed by atoms with Crippen LogP contribution in [0.3, 0.4) is 0 Å². The number of piperidine rings is 1. The molecule has 3 saturated heterocycles. The standard InChI is InChI=1S/C31H50N4O2/c1-4-34-20-12-16-27(34)24-35-29(36)28(23-25(2)3)32-30(37)31(35)17-21-33(22-18-31)19-11-6-5-8-13-26-14-9-7-10-15-26/h7,9-10,14-15,25,27-28H,4-6,8,11-13,16-24H2,1-3H3,(H,32,37)/t27?,28-/m0/s1. The van der Waals surface area contributed by atoms with Gasteiger partial charge in [0.25, 0.3) is 0 Å². The lowest BCUT2D eigenvalue weighted by atomic mass is 9.80. The van der Waals surface area contributed by atoms with Crippen LogP contribution in [-0.2, 0) is 16.0 Å². The van der Waals surface area contributed by atoms with Crippen LogP contribution in [-0.4, -0.2) is 83.4 Å². The molecule has 0 aliphatic carbocycles. The zero-order valence-electron chi connectivity index (χ0n) is 23.6. The highest BCUT2D eigenvalue weighted by atomic mass is 16.2. The number of likely N-dealkylation sites (N-methyl/N-ethyl adjacent to an activating group) is 1. The second-order valence-corrected chi connectivity index (χ2v) is 12.1. The van der Waals surface area contributed by atoms with Crippen molar-refractivity contribution >= 4 is 11.8 Å². The van der Waals surface area contributed by atoms with Gasteiger partial charge in [0.05, 0.1) is 0 Å². The summed E-state index contributed by atoms with van der Waals surface area (Å²) in [4.78, 5) is 34.5. The first kappa shape index (κ1) is 28.1. The molecule has 3 aliphatic rings. The summed E-state index contributed by atoms with van der Waals surface area (Å²) >= 11 is 0. The van der Waals surface area contributed by atoms with Gasteiger partial charge in [0, 0.05) is 25.7 Å². The number of hydrogen-bond acceptors (Lipinski definition) is 4. The lowest BCUT2D eigenvalue weighted by molar-refractivity contribution is -0.162. The highest BCUT2D eigenvalue weighted by Gasteiger charge is 2.54.